The molecule has 2 rings (SSSR count). The third kappa shape index (κ3) is 2.26. The summed E-state index contributed by atoms with van der Waals surface area (Å²) >= 11 is 0. The Morgan fingerprint density at radius 1 is 1.00 bits per heavy atom. The molecule has 1 nitrogen and oxygen atoms in total. The first-order chi connectivity index (χ1) is 8.54. The van der Waals surface area contributed by atoms with Crippen LogP contribution in [0.4, 0.5) is 4.39 Å². The molecule has 0 aliphatic heterocycles. The van der Waals surface area contributed by atoms with Gasteiger partial charge in [0.1, 0.15) is 5.82 Å². The molecular formula is C16H14FN. The minimum atomic E-state index is -0.520. The Morgan fingerprint density at radius 3 is 2.17 bits per heavy atom. The Morgan fingerprint density at radius 2 is 1.61 bits per heavy atom. The van der Waals surface area contributed by atoms with Crippen LogP contribution in [0, 0.1) is 17.1 Å². The fourth-order valence-electron chi connectivity index (χ4n) is 1.83. The highest BCUT2D eigenvalue weighted by Gasteiger charge is 2.19. The van der Waals surface area contributed by atoms with E-state index >= 15 is 0 Å². The first-order valence-corrected chi connectivity index (χ1v) is 5.81. The maximum Gasteiger partial charge on any atom is 0.131 e. The van der Waals surface area contributed by atoms with Gasteiger partial charge in [0.05, 0.1) is 11.5 Å². The third-order valence-corrected chi connectivity index (χ3v) is 3.07. The van der Waals surface area contributed by atoms with Crippen molar-refractivity contribution >= 4 is 0 Å². The summed E-state index contributed by atoms with van der Waals surface area (Å²) in [6.45, 7) is 3.73. The van der Waals surface area contributed by atoms with Gasteiger partial charge in [-0.3, -0.25) is 0 Å². The fourth-order valence-corrected chi connectivity index (χ4v) is 1.83. The van der Waals surface area contributed by atoms with E-state index in [4.69, 9.17) is 5.26 Å². The minimum Gasteiger partial charge on any atom is -0.206 e. The maximum atomic E-state index is 13.6. The second-order valence-corrected chi connectivity index (χ2v) is 4.79. The first-order valence-electron chi connectivity index (χ1n) is 5.81. The van der Waals surface area contributed by atoms with E-state index in [-0.39, 0.29) is 5.82 Å². The van der Waals surface area contributed by atoms with E-state index in [2.05, 4.69) is 6.07 Å². The van der Waals surface area contributed by atoms with Gasteiger partial charge in [0.2, 0.25) is 0 Å². The lowest BCUT2D eigenvalue weighted by atomic mass is 9.85. The number of nitrogens with zero attached hydrogens (tertiary/aromatic N) is 1. The molecule has 2 heteroatoms. The smallest absolute Gasteiger partial charge is 0.131 e. The van der Waals surface area contributed by atoms with Gasteiger partial charge in [0, 0.05) is 5.56 Å². The molecule has 0 heterocycles. The van der Waals surface area contributed by atoms with E-state index in [1.54, 1.807) is 12.1 Å². The average Bonchev–Trinajstić information content (AvgIpc) is 2.39. The second-order valence-electron chi connectivity index (χ2n) is 4.79. The van der Waals surface area contributed by atoms with Crippen LogP contribution in [0.3, 0.4) is 0 Å². The van der Waals surface area contributed by atoms with E-state index in [0.717, 1.165) is 11.1 Å². The Kier molecular flexibility index (Phi) is 3.16. The summed E-state index contributed by atoms with van der Waals surface area (Å²) in [5, 5.41) is 9.07. The summed E-state index contributed by atoms with van der Waals surface area (Å²) in [6.07, 6.45) is 0. The molecule has 0 bridgehead atoms. The van der Waals surface area contributed by atoms with Crippen molar-refractivity contribution in [3.63, 3.8) is 0 Å². The van der Waals surface area contributed by atoms with E-state index in [9.17, 15) is 4.39 Å². The molecule has 0 atom stereocenters. The van der Waals surface area contributed by atoms with Gasteiger partial charge < -0.3 is 0 Å². The maximum absolute atomic E-state index is 13.6. The predicted molar refractivity (Wildman–Crippen MR) is 70.5 cm³/mol. The van der Waals surface area contributed by atoms with Crippen LogP contribution >= 0.6 is 0 Å². The molecule has 2 aromatic carbocycles. The minimum absolute atomic E-state index is 0.232. The molecule has 0 spiro atoms. The Balaban J connectivity index is 2.41. The molecule has 0 aromatic heterocycles. The zero-order chi connectivity index (χ0) is 13.2. The van der Waals surface area contributed by atoms with Crippen molar-refractivity contribution in [2.24, 2.45) is 0 Å². The molecule has 0 unspecified atom stereocenters. The van der Waals surface area contributed by atoms with Crippen LogP contribution in [0.25, 0.3) is 11.1 Å². The summed E-state index contributed by atoms with van der Waals surface area (Å²) in [5.74, 6) is -0.232. The van der Waals surface area contributed by atoms with Gasteiger partial charge in [0.25, 0.3) is 0 Å². The van der Waals surface area contributed by atoms with E-state index in [0.29, 0.717) is 5.56 Å². The number of halogens is 1. The quantitative estimate of drug-likeness (QED) is 0.766. The van der Waals surface area contributed by atoms with Crippen LogP contribution < -0.4 is 0 Å². The van der Waals surface area contributed by atoms with Gasteiger partial charge in [-0.15, -0.1) is 0 Å². The highest BCUT2D eigenvalue weighted by atomic mass is 19.1. The van der Waals surface area contributed by atoms with Gasteiger partial charge >= 0.3 is 0 Å². The molecule has 0 amide bonds. The van der Waals surface area contributed by atoms with Gasteiger partial charge in [-0.05, 0) is 31.0 Å². The van der Waals surface area contributed by atoms with Crippen molar-refractivity contribution < 1.29 is 4.39 Å². The standard InChI is InChI=1S/C16H14FN/c1-16(2,11-18)13-9-7-12(8-10-13)14-5-3-4-6-15(14)17/h3-10H,1-2H3. The normalized spacial score (nSPS) is 11.0. The third-order valence-electron chi connectivity index (χ3n) is 3.07. The molecule has 90 valence electrons. The van der Waals surface area contributed by atoms with Crippen LogP contribution in [-0.4, -0.2) is 0 Å². The SMILES string of the molecule is CC(C)(C#N)c1ccc(-c2ccccc2F)cc1. The van der Waals surface area contributed by atoms with Crippen LogP contribution in [0.5, 0.6) is 0 Å². The summed E-state index contributed by atoms with van der Waals surface area (Å²) < 4.78 is 13.6. The molecule has 0 saturated carbocycles. The van der Waals surface area contributed by atoms with E-state index < -0.39 is 5.41 Å². The summed E-state index contributed by atoms with van der Waals surface area (Å²) in [6, 6.07) is 16.4. The summed E-state index contributed by atoms with van der Waals surface area (Å²) in [4.78, 5) is 0. The summed E-state index contributed by atoms with van der Waals surface area (Å²) in [5.41, 5.74) is 1.82. The second kappa shape index (κ2) is 4.62. The number of hydrogen-bond donors (Lipinski definition) is 0. The van der Waals surface area contributed by atoms with Crippen molar-refractivity contribution in [3.05, 3.63) is 59.9 Å². The number of hydrogen-bond acceptors (Lipinski definition) is 1. The Bertz CT molecular complexity index is 591. The van der Waals surface area contributed by atoms with Crippen LogP contribution in [0.2, 0.25) is 0 Å². The Hall–Kier alpha value is -2.14. The van der Waals surface area contributed by atoms with E-state index in [1.807, 2.05) is 44.2 Å². The molecule has 0 radical (unpaired) electrons. The fraction of sp³-hybridized carbons (Fsp3) is 0.188. The zero-order valence-corrected chi connectivity index (χ0v) is 10.4. The summed E-state index contributed by atoms with van der Waals surface area (Å²) in [7, 11) is 0. The Labute approximate surface area is 107 Å². The molecular weight excluding hydrogens is 225 g/mol. The topological polar surface area (TPSA) is 23.8 Å². The lowest BCUT2D eigenvalue weighted by Gasteiger charge is -2.16. The highest BCUT2D eigenvalue weighted by Crippen LogP contribution is 2.27. The zero-order valence-electron chi connectivity index (χ0n) is 10.4. The number of rotatable bonds is 2. The van der Waals surface area contributed by atoms with Crippen molar-refractivity contribution in [2.75, 3.05) is 0 Å². The monoisotopic (exact) mass is 239 g/mol. The predicted octanol–water partition coefficient (Wildman–Crippen LogP) is 4.29. The molecule has 0 N–H and O–H groups in total. The number of nitriles is 1. The lowest BCUT2D eigenvalue weighted by molar-refractivity contribution is 0.631. The lowest BCUT2D eigenvalue weighted by Crippen LogP contribution is -2.13. The molecule has 0 saturated heterocycles. The molecule has 0 fully saturated rings. The van der Waals surface area contributed by atoms with Crippen LogP contribution in [0.1, 0.15) is 19.4 Å². The van der Waals surface area contributed by atoms with Crippen molar-refractivity contribution in [1.82, 2.24) is 0 Å². The molecule has 0 aliphatic rings. The van der Waals surface area contributed by atoms with Gasteiger partial charge in [-0.25, -0.2) is 4.39 Å². The first kappa shape index (κ1) is 12.3. The molecule has 2 aromatic rings. The van der Waals surface area contributed by atoms with Crippen molar-refractivity contribution in [2.45, 2.75) is 19.3 Å². The largest absolute Gasteiger partial charge is 0.206 e. The molecule has 18 heavy (non-hydrogen) atoms. The van der Waals surface area contributed by atoms with Crippen LogP contribution in [0.15, 0.2) is 48.5 Å². The van der Waals surface area contributed by atoms with E-state index in [1.165, 1.54) is 6.07 Å². The van der Waals surface area contributed by atoms with Gasteiger partial charge in [0.15, 0.2) is 0 Å². The van der Waals surface area contributed by atoms with Gasteiger partial charge in [-0.1, -0.05) is 42.5 Å². The number of benzene rings is 2. The average molecular weight is 239 g/mol. The van der Waals surface area contributed by atoms with Crippen molar-refractivity contribution in [1.29, 1.82) is 5.26 Å². The van der Waals surface area contributed by atoms with Crippen molar-refractivity contribution in [3.8, 4) is 17.2 Å². The molecule has 0 aliphatic carbocycles. The van der Waals surface area contributed by atoms with Crippen LogP contribution in [-0.2, 0) is 5.41 Å². The highest BCUT2D eigenvalue weighted by molar-refractivity contribution is 5.64. The van der Waals surface area contributed by atoms with Gasteiger partial charge in [-0.2, -0.15) is 5.26 Å².